The van der Waals surface area contributed by atoms with E-state index < -0.39 is 5.60 Å². The zero-order valence-electron chi connectivity index (χ0n) is 11.2. The molecule has 2 fully saturated rings. The summed E-state index contributed by atoms with van der Waals surface area (Å²) in [7, 11) is 0. The Morgan fingerprint density at radius 2 is 2.00 bits per heavy atom. The van der Waals surface area contributed by atoms with Gasteiger partial charge in [0.25, 0.3) is 0 Å². The first-order valence-corrected chi connectivity index (χ1v) is 7.48. The Morgan fingerprint density at radius 1 is 1.21 bits per heavy atom. The van der Waals surface area contributed by atoms with E-state index in [2.05, 4.69) is 17.4 Å². The summed E-state index contributed by atoms with van der Waals surface area (Å²) < 4.78 is 5.55. The van der Waals surface area contributed by atoms with E-state index in [1.165, 1.54) is 24.8 Å². The van der Waals surface area contributed by atoms with Gasteiger partial charge in [0.05, 0.1) is 12.2 Å². The summed E-state index contributed by atoms with van der Waals surface area (Å²) in [4.78, 5) is 0. The summed E-state index contributed by atoms with van der Waals surface area (Å²) in [5.74, 6) is 1.00. The number of benzene rings is 1. The van der Waals surface area contributed by atoms with E-state index in [-0.39, 0.29) is 0 Å². The second-order valence-electron chi connectivity index (χ2n) is 6.35. The van der Waals surface area contributed by atoms with Crippen LogP contribution in [0.2, 0.25) is 0 Å². The topological polar surface area (TPSA) is 41.5 Å². The van der Waals surface area contributed by atoms with Gasteiger partial charge >= 0.3 is 0 Å². The summed E-state index contributed by atoms with van der Waals surface area (Å²) >= 11 is 0. The van der Waals surface area contributed by atoms with Crippen LogP contribution in [0, 0.1) is 0 Å². The fourth-order valence-corrected chi connectivity index (χ4v) is 4.04. The smallest absolute Gasteiger partial charge is 0.122 e. The summed E-state index contributed by atoms with van der Waals surface area (Å²) in [6, 6.07) is 7.24. The highest BCUT2D eigenvalue weighted by atomic mass is 16.5. The number of hydrogen-bond acceptors (Lipinski definition) is 3. The number of nitrogens with one attached hydrogen (secondary N) is 1. The Bertz CT molecular complexity index is 488. The third-order valence-corrected chi connectivity index (χ3v) is 4.97. The van der Waals surface area contributed by atoms with Crippen molar-refractivity contribution in [1.29, 1.82) is 0 Å². The van der Waals surface area contributed by atoms with Gasteiger partial charge in [-0.3, -0.25) is 0 Å². The van der Waals surface area contributed by atoms with Crippen molar-refractivity contribution in [3.63, 3.8) is 0 Å². The Labute approximate surface area is 114 Å². The average molecular weight is 259 g/mol. The largest absolute Gasteiger partial charge is 0.493 e. The van der Waals surface area contributed by atoms with E-state index in [1.807, 2.05) is 6.07 Å². The van der Waals surface area contributed by atoms with Crippen LogP contribution in [0.5, 0.6) is 5.75 Å². The minimum Gasteiger partial charge on any atom is -0.493 e. The van der Waals surface area contributed by atoms with E-state index in [1.54, 1.807) is 0 Å². The zero-order valence-corrected chi connectivity index (χ0v) is 11.2. The second-order valence-corrected chi connectivity index (χ2v) is 6.35. The van der Waals surface area contributed by atoms with Crippen LogP contribution in [0.3, 0.4) is 0 Å². The molecule has 102 valence electrons. The molecule has 1 aromatic rings. The molecule has 2 unspecified atom stereocenters. The molecule has 0 saturated carbocycles. The molecule has 3 aliphatic heterocycles. The summed E-state index contributed by atoms with van der Waals surface area (Å²) in [5.41, 5.74) is 1.71. The molecule has 2 atom stereocenters. The van der Waals surface area contributed by atoms with Crippen LogP contribution in [0.25, 0.3) is 0 Å². The van der Waals surface area contributed by atoms with Crippen molar-refractivity contribution in [2.75, 3.05) is 6.61 Å². The molecule has 0 aliphatic carbocycles. The van der Waals surface area contributed by atoms with Crippen molar-refractivity contribution in [1.82, 2.24) is 5.32 Å². The van der Waals surface area contributed by atoms with E-state index in [9.17, 15) is 5.11 Å². The highest BCUT2D eigenvalue weighted by Crippen LogP contribution is 2.41. The third-order valence-electron chi connectivity index (χ3n) is 4.97. The molecule has 0 amide bonds. The van der Waals surface area contributed by atoms with Gasteiger partial charge in [-0.05, 0) is 48.9 Å². The van der Waals surface area contributed by atoms with Crippen LogP contribution in [0.15, 0.2) is 18.2 Å². The van der Waals surface area contributed by atoms with Crippen molar-refractivity contribution in [2.45, 2.75) is 56.2 Å². The maximum Gasteiger partial charge on any atom is 0.122 e. The van der Waals surface area contributed by atoms with Gasteiger partial charge in [0.1, 0.15) is 5.75 Å². The Balaban J connectivity index is 1.67. The number of hydrogen-bond donors (Lipinski definition) is 2. The molecule has 1 aromatic carbocycles. The average Bonchev–Trinajstić information content (AvgIpc) is 2.85. The molecule has 0 radical (unpaired) electrons. The molecule has 2 saturated heterocycles. The first kappa shape index (κ1) is 11.7. The Morgan fingerprint density at radius 3 is 2.79 bits per heavy atom. The molecule has 4 rings (SSSR count). The SMILES string of the molecule is OC1(c2ccc3c(c2)CCO3)CC2CCCC(C1)N2. The van der Waals surface area contributed by atoms with Gasteiger partial charge in [0.2, 0.25) is 0 Å². The van der Waals surface area contributed by atoms with Crippen molar-refractivity contribution >= 4 is 0 Å². The highest BCUT2D eigenvalue weighted by molar-refractivity contribution is 5.42. The number of piperidine rings is 2. The maximum atomic E-state index is 11.1. The minimum atomic E-state index is -0.640. The Kier molecular flexibility index (Phi) is 2.61. The minimum absolute atomic E-state index is 0.488. The maximum absolute atomic E-state index is 11.1. The van der Waals surface area contributed by atoms with Crippen LogP contribution in [0.4, 0.5) is 0 Å². The predicted octanol–water partition coefficient (Wildman–Crippen LogP) is 2.11. The first-order chi connectivity index (χ1) is 9.23. The number of fused-ring (bicyclic) bond motifs is 3. The normalized spacial score (nSPS) is 36.7. The van der Waals surface area contributed by atoms with Gasteiger partial charge in [-0.15, -0.1) is 0 Å². The molecule has 2 bridgehead atoms. The fraction of sp³-hybridized carbons (Fsp3) is 0.625. The van der Waals surface area contributed by atoms with Crippen molar-refractivity contribution in [3.05, 3.63) is 29.3 Å². The molecular weight excluding hydrogens is 238 g/mol. The van der Waals surface area contributed by atoms with Crippen LogP contribution in [0.1, 0.15) is 43.2 Å². The van der Waals surface area contributed by atoms with Gasteiger partial charge in [-0.1, -0.05) is 12.5 Å². The van der Waals surface area contributed by atoms with E-state index in [0.29, 0.717) is 12.1 Å². The molecule has 3 nitrogen and oxygen atoms in total. The van der Waals surface area contributed by atoms with Crippen molar-refractivity contribution < 1.29 is 9.84 Å². The lowest BCUT2D eigenvalue weighted by atomic mass is 9.73. The summed E-state index contributed by atoms with van der Waals surface area (Å²) in [6.07, 6.45) is 6.38. The standard InChI is InChI=1S/C16H21NO2/c18-16(9-13-2-1-3-14(10-16)17-13)12-4-5-15-11(8-12)6-7-19-15/h4-5,8,13-14,17-18H,1-3,6-7,9-10H2. The second kappa shape index (κ2) is 4.22. The lowest BCUT2D eigenvalue weighted by molar-refractivity contribution is -0.0359. The number of ether oxygens (including phenoxy) is 1. The molecule has 3 heterocycles. The fourth-order valence-electron chi connectivity index (χ4n) is 4.04. The van der Waals surface area contributed by atoms with Crippen molar-refractivity contribution in [3.8, 4) is 5.75 Å². The van der Waals surface area contributed by atoms with Crippen molar-refractivity contribution in [2.24, 2.45) is 0 Å². The van der Waals surface area contributed by atoms with Crippen LogP contribution in [-0.2, 0) is 12.0 Å². The Hall–Kier alpha value is -1.06. The van der Waals surface area contributed by atoms with Gasteiger partial charge in [-0.2, -0.15) is 0 Å². The third kappa shape index (κ3) is 1.96. The molecule has 0 aromatic heterocycles. The lowest BCUT2D eigenvalue weighted by Gasteiger charge is -2.45. The van der Waals surface area contributed by atoms with Gasteiger partial charge in [-0.25, -0.2) is 0 Å². The van der Waals surface area contributed by atoms with Gasteiger partial charge in [0, 0.05) is 18.5 Å². The molecule has 0 spiro atoms. The quantitative estimate of drug-likeness (QED) is 0.811. The van der Waals surface area contributed by atoms with Crippen LogP contribution < -0.4 is 10.1 Å². The number of rotatable bonds is 1. The van der Waals surface area contributed by atoms with Gasteiger partial charge in [0.15, 0.2) is 0 Å². The predicted molar refractivity (Wildman–Crippen MR) is 73.3 cm³/mol. The first-order valence-electron chi connectivity index (χ1n) is 7.48. The van der Waals surface area contributed by atoms with Gasteiger partial charge < -0.3 is 15.2 Å². The van der Waals surface area contributed by atoms with E-state index in [0.717, 1.165) is 37.2 Å². The van der Waals surface area contributed by atoms with E-state index in [4.69, 9.17) is 4.74 Å². The lowest BCUT2D eigenvalue weighted by Crippen LogP contribution is -2.54. The summed E-state index contributed by atoms with van der Waals surface area (Å²) in [6.45, 7) is 0.782. The van der Waals surface area contributed by atoms with E-state index >= 15 is 0 Å². The van der Waals surface area contributed by atoms with Crippen LogP contribution in [-0.4, -0.2) is 23.8 Å². The number of aliphatic hydroxyl groups is 1. The zero-order chi connectivity index (χ0) is 12.9. The monoisotopic (exact) mass is 259 g/mol. The molecule has 19 heavy (non-hydrogen) atoms. The molecule has 3 heteroatoms. The highest BCUT2D eigenvalue weighted by Gasteiger charge is 2.42. The molecular formula is C16H21NO2. The molecule has 3 aliphatic rings. The molecule has 2 N–H and O–H groups in total. The van der Waals surface area contributed by atoms with Crippen LogP contribution >= 0.6 is 0 Å². The summed E-state index contributed by atoms with van der Waals surface area (Å²) in [5, 5.41) is 14.7.